The molecule has 1 aromatic rings. The lowest BCUT2D eigenvalue weighted by Crippen LogP contribution is -2.38. The maximum absolute atomic E-state index is 12.7. The molecule has 0 amide bonds. The van der Waals surface area contributed by atoms with Crippen LogP contribution in [0.25, 0.3) is 0 Å². The minimum Gasteiger partial charge on any atom is -0.493 e. The van der Waals surface area contributed by atoms with E-state index in [2.05, 4.69) is 27.3 Å². The molecule has 2 rings (SSSR count). The van der Waals surface area contributed by atoms with Crippen molar-refractivity contribution in [2.45, 2.75) is 45.9 Å². The summed E-state index contributed by atoms with van der Waals surface area (Å²) < 4.78 is 35.4. The van der Waals surface area contributed by atoms with Crippen molar-refractivity contribution in [1.29, 1.82) is 0 Å². The van der Waals surface area contributed by atoms with E-state index < -0.39 is 6.61 Å². The van der Waals surface area contributed by atoms with E-state index in [9.17, 15) is 8.78 Å². The van der Waals surface area contributed by atoms with Crippen LogP contribution < -0.4 is 20.1 Å². The van der Waals surface area contributed by atoms with Crippen molar-refractivity contribution < 1.29 is 18.3 Å². The third-order valence-electron chi connectivity index (χ3n) is 3.83. The summed E-state index contributed by atoms with van der Waals surface area (Å²) in [6.45, 7) is 2.12. The summed E-state index contributed by atoms with van der Waals surface area (Å²) in [5.74, 6) is 1.92. The average molecular weight is 341 g/mol. The summed E-state index contributed by atoms with van der Waals surface area (Å²) in [6.07, 6.45) is 1.96. The highest BCUT2D eigenvalue weighted by Gasteiger charge is 2.33. The molecule has 1 aromatic carbocycles. The van der Waals surface area contributed by atoms with Crippen molar-refractivity contribution >= 4 is 5.96 Å². The summed E-state index contributed by atoms with van der Waals surface area (Å²) in [5, 5.41) is 6.41. The van der Waals surface area contributed by atoms with Crippen LogP contribution in [0.1, 0.15) is 32.3 Å². The minimum absolute atomic E-state index is 0.112. The zero-order valence-electron chi connectivity index (χ0n) is 14.3. The normalized spacial score (nSPS) is 20.0. The van der Waals surface area contributed by atoms with Crippen LogP contribution in [0.5, 0.6) is 11.5 Å². The van der Waals surface area contributed by atoms with Crippen LogP contribution in [-0.4, -0.2) is 32.3 Å². The van der Waals surface area contributed by atoms with Gasteiger partial charge in [-0.25, -0.2) is 0 Å². The Balaban J connectivity index is 2.01. The largest absolute Gasteiger partial charge is 0.493 e. The van der Waals surface area contributed by atoms with Gasteiger partial charge < -0.3 is 20.1 Å². The highest BCUT2D eigenvalue weighted by Crippen LogP contribution is 2.29. The topological polar surface area (TPSA) is 54.9 Å². The van der Waals surface area contributed by atoms with Crippen molar-refractivity contribution in [2.75, 3.05) is 13.7 Å². The zero-order chi connectivity index (χ0) is 17.5. The molecule has 1 fully saturated rings. The van der Waals surface area contributed by atoms with Crippen LogP contribution in [0, 0.1) is 5.92 Å². The summed E-state index contributed by atoms with van der Waals surface area (Å²) in [7, 11) is 1.68. The number of guanidine groups is 1. The number of nitrogens with one attached hydrogen (secondary N) is 2. The van der Waals surface area contributed by atoms with E-state index in [-0.39, 0.29) is 5.75 Å². The van der Waals surface area contributed by atoms with E-state index in [1.807, 2.05) is 6.92 Å². The van der Waals surface area contributed by atoms with Crippen molar-refractivity contribution in [3.8, 4) is 11.5 Å². The summed E-state index contributed by atoms with van der Waals surface area (Å²) >= 11 is 0. The first-order chi connectivity index (χ1) is 11.5. The van der Waals surface area contributed by atoms with Gasteiger partial charge in [-0.3, -0.25) is 4.99 Å². The van der Waals surface area contributed by atoms with E-state index >= 15 is 0 Å². The van der Waals surface area contributed by atoms with Gasteiger partial charge in [0.05, 0.1) is 6.61 Å². The van der Waals surface area contributed by atoms with Gasteiger partial charge in [-0.1, -0.05) is 13.8 Å². The Morgan fingerprint density at radius 3 is 2.75 bits per heavy atom. The fourth-order valence-corrected chi connectivity index (χ4v) is 2.27. The quantitative estimate of drug-likeness (QED) is 0.563. The second-order valence-electron chi connectivity index (χ2n) is 5.89. The molecule has 1 saturated carbocycles. The number of halogens is 2. The van der Waals surface area contributed by atoms with Gasteiger partial charge in [0.15, 0.2) is 5.96 Å². The first-order valence-corrected chi connectivity index (χ1v) is 8.21. The Bertz CT molecular complexity index is 567. The molecular weight excluding hydrogens is 316 g/mol. The molecule has 0 spiro atoms. The van der Waals surface area contributed by atoms with Gasteiger partial charge in [0.1, 0.15) is 11.5 Å². The van der Waals surface area contributed by atoms with Gasteiger partial charge in [0.25, 0.3) is 0 Å². The Labute approximate surface area is 141 Å². The van der Waals surface area contributed by atoms with Crippen LogP contribution >= 0.6 is 0 Å². The van der Waals surface area contributed by atoms with Crippen LogP contribution in [0.15, 0.2) is 23.2 Å². The number of nitrogens with zero attached hydrogens (tertiary/aromatic N) is 1. The summed E-state index contributed by atoms with van der Waals surface area (Å²) in [4.78, 5) is 4.15. The van der Waals surface area contributed by atoms with E-state index in [4.69, 9.17) is 4.74 Å². The molecule has 0 aromatic heterocycles. The van der Waals surface area contributed by atoms with E-state index in [0.717, 1.165) is 12.8 Å². The molecule has 24 heavy (non-hydrogen) atoms. The van der Waals surface area contributed by atoms with Crippen molar-refractivity contribution in [2.24, 2.45) is 10.9 Å². The maximum Gasteiger partial charge on any atom is 0.387 e. The monoisotopic (exact) mass is 341 g/mol. The standard InChI is InChI=1S/C17H25F2N3O2/c1-4-7-23-13-6-5-12(15(9-13)24-16(18)19)10-21-17(20-3)22-14-8-11(14)2/h5-6,9,11,14,16H,4,7-8,10H2,1-3H3,(H2,20,21,22). The highest BCUT2D eigenvalue weighted by molar-refractivity contribution is 5.80. The van der Waals surface area contributed by atoms with Gasteiger partial charge in [0, 0.05) is 31.3 Å². The average Bonchev–Trinajstić information content (AvgIpc) is 3.25. The molecular formula is C17H25F2N3O2. The number of hydrogen-bond donors (Lipinski definition) is 2. The summed E-state index contributed by atoms with van der Waals surface area (Å²) in [5.41, 5.74) is 0.617. The Morgan fingerprint density at radius 2 is 2.17 bits per heavy atom. The third kappa shape index (κ3) is 5.54. The van der Waals surface area contributed by atoms with Crippen molar-refractivity contribution in [1.82, 2.24) is 10.6 Å². The van der Waals surface area contributed by atoms with Gasteiger partial charge in [0.2, 0.25) is 0 Å². The smallest absolute Gasteiger partial charge is 0.387 e. The minimum atomic E-state index is -2.88. The molecule has 2 unspecified atom stereocenters. The molecule has 1 aliphatic carbocycles. The Morgan fingerprint density at radius 1 is 1.42 bits per heavy atom. The van der Waals surface area contributed by atoms with E-state index in [1.165, 1.54) is 6.07 Å². The number of aliphatic imine (C=N–C) groups is 1. The first kappa shape index (κ1) is 18.3. The van der Waals surface area contributed by atoms with E-state index in [1.54, 1.807) is 19.2 Å². The zero-order valence-corrected chi connectivity index (χ0v) is 14.3. The lowest BCUT2D eigenvalue weighted by Gasteiger charge is -2.15. The Hall–Kier alpha value is -2.05. The van der Waals surface area contributed by atoms with E-state index in [0.29, 0.717) is 42.4 Å². The third-order valence-corrected chi connectivity index (χ3v) is 3.83. The lowest BCUT2D eigenvalue weighted by molar-refractivity contribution is -0.0505. The van der Waals surface area contributed by atoms with Crippen LogP contribution in [-0.2, 0) is 6.54 Å². The number of benzene rings is 1. The fourth-order valence-electron chi connectivity index (χ4n) is 2.27. The fraction of sp³-hybridized carbons (Fsp3) is 0.588. The molecule has 1 aliphatic rings. The second-order valence-corrected chi connectivity index (χ2v) is 5.89. The summed E-state index contributed by atoms with van der Waals surface area (Å²) in [6, 6.07) is 5.41. The predicted molar refractivity (Wildman–Crippen MR) is 89.8 cm³/mol. The van der Waals surface area contributed by atoms with Crippen LogP contribution in [0.3, 0.4) is 0 Å². The molecule has 0 bridgehead atoms. The van der Waals surface area contributed by atoms with Crippen LogP contribution in [0.4, 0.5) is 8.78 Å². The van der Waals surface area contributed by atoms with Crippen LogP contribution in [0.2, 0.25) is 0 Å². The Kier molecular flexibility index (Phi) is 6.63. The molecule has 0 aliphatic heterocycles. The number of hydrogen-bond acceptors (Lipinski definition) is 3. The van der Waals surface area contributed by atoms with Gasteiger partial charge in [-0.15, -0.1) is 0 Å². The number of alkyl halides is 2. The molecule has 2 atom stereocenters. The molecule has 134 valence electrons. The predicted octanol–water partition coefficient (Wildman–Crippen LogP) is 3.15. The van der Waals surface area contributed by atoms with Gasteiger partial charge >= 0.3 is 6.61 Å². The second kappa shape index (κ2) is 8.70. The van der Waals surface area contributed by atoms with Crippen molar-refractivity contribution in [3.05, 3.63) is 23.8 Å². The van der Waals surface area contributed by atoms with Gasteiger partial charge in [-0.2, -0.15) is 8.78 Å². The highest BCUT2D eigenvalue weighted by atomic mass is 19.3. The lowest BCUT2D eigenvalue weighted by atomic mass is 10.2. The maximum atomic E-state index is 12.7. The molecule has 0 saturated heterocycles. The molecule has 0 radical (unpaired) electrons. The van der Waals surface area contributed by atoms with Crippen molar-refractivity contribution in [3.63, 3.8) is 0 Å². The number of ether oxygens (including phenoxy) is 2. The molecule has 2 N–H and O–H groups in total. The molecule has 5 nitrogen and oxygen atoms in total. The molecule has 7 heteroatoms. The number of rotatable bonds is 8. The molecule has 0 heterocycles. The first-order valence-electron chi connectivity index (χ1n) is 8.21. The van der Waals surface area contributed by atoms with Gasteiger partial charge in [-0.05, 0) is 30.9 Å². The SMILES string of the molecule is CCCOc1ccc(CNC(=NC)NC2CC2C)c(OC(F)F)c1.